The predicted octanol–water partition coefficient (Wildman–Crippen LogP) is 4.47. The number of halogens is 1. The molecule has 1 aliphatic rings. The van der Waals surface area contributed by atoms with Gasteiger partial charge < -0.3 is 4.90 Å². The van der Waals surface area contributed by atoms with Gasteiger partial charge >= 0.3 is 0 Å². The second-order valence-electron chi connectivity index (χ2n) is 5.11. The van der Waals surface area contributed by atoms with Crippen LogP contribution in [0, 0.1) is 13.3 Å². The van der Waals surface area contributed by atoms with Gasteiger partial charge in [-0.3, -0.25) is 0 Å². The van der Waals surface area contributed by atoms with E-state index in [1.807, 2.05) is 12.5 Å². The molecule has 0 N–H and O–H groups in total. The van der Waals surface area contributed by atoms with Gasteiger partial charge in [-0.1, -0.05) is 47.5 Å². The Morgan fingerprint density at radius 3 is 2.63 bits per heavy atom. The average Bonchev–Trinajstić information content (AvgIpc) is 2.41. The lowest BCUT2D eigenvalue weighted by Gasteiger charge is -2.22. The molecule has 1 aromatic carbocycles. The van der Waals surface area contributed by atoms with Gasteiger partial charge in [0.05, 0.1) is 0 Å². The van der Waals surface area contributed by atoms with Crippen molar-refractivity contribution in [3.8, 4) is 0 Å². The van der Waals surface area contributed by atoms with Crippen molar-refractivity contribution in [2.24, 2.45) is 0 Å². The van der Waals surface area contributed by atoms with Gasteiger partial charge in [-0.05, 0) is 37.8 Å². The summed E-state index contributed by atoms with van der Waals surface area (Å²) in [5, 5.41) is 0.850. The van der Waals surface area contributed by atoms with E-state index in [-0.39, 0.29) is 0 Å². The fourth-order valence-electron chi connectivity index (χ4n) is 2.22. The Morgan fingerprint density at radius 2 is 1.95 bits per heavy atom. The van der Waals surface area contributed by atoms with Crippen molar-refractivity contribution < 1.29 is 0 Å². The van der Waals surface area contributed by atoms with Crippen molar-refractivity contribution in [3.63, 3.8) is 0 Å². The monoisotopic (exact) mass is 274 g/mol. The normalized spacial score (nSPS) is 14.9. The predicted molar refractivity (Wildman–Crippen MR) is 83.1 cm³/mol. The van der Waals surface area contributed by atoms with E-state index in [2.05, 4.69) is 49.2 Å². The summed E-state index contributed by atoms with van der Waals surface area (Å²) in [6, 6.07) is 8.81. The Labute approximate surface area is 121 Å². The maximum atomic E-state index is 6.04. The van der Waals surface area contributed by atoms with E-state index in [0.717, 1.165) is 30.8 Å². The van der Waals surface area contributed by atoms with Gasteiger partial charge in [0, 0.05) is 30.7 Å². The summed E-state index contributed by atoms with van der Waals surface area (Å²) < 4.78 is 0. The fourth-order valence-corrected chi connectivity index (χ4v) is 2.42. The van der Waals surface area contributed by atoms with Gasteiger partial charge in [0.1, 0.15) is 0 Å². The minimum atomic E-state index is 0.850. The van der Waals surface area contributed by atoms with Crippen LogP contribution in [0.25, 0.3) is 0 Å². The van der Waals surface area contributed by atoms with E-state index < -0.39 is 0 Å². The number of hydrogen-bond acceptors (Lipinski definition) is 1. The smallest absolute Gasteiger partial charge is 0.0335 e. The van der Waals surface area contributed by atoms with Gasteiger partial charge in [-0.15, -0.1) is 0 Å². The summed E-state index contributed by atoms with van der Waals surface area (Å²) in [7, 11) is 2.13. The van der Waals surface area contributed by atoms with Gasteiger partial charge in [0.15, 0.2) is 0 Å². The van der Waals surface area contributed by atoms with Gasteiger partial charge in [0.25, 0.3) is 0 Å². The molecule has 101 valence electrons. The maximum Gasteiger partial charge on any atom is 0.0335 e. The Balaban J connectivity index is 1.79. The molecule has 0 unspecified atom stereocenters. The molecule has 0 atom stereocenters. The first kappa shape index (κ1) is 14.2. The Hall–Kier alpha value is -1.21. The Kier molecular flexibility index (Phi) is 5.09. The molecule has 0 saturated heterocycles. The van der Waals surface area contributed by atoms with E-state index in [9.17, 15) is 0 Å². The highest BCUT2D eigenvalue weighted by molar-refractivity contribution is 6.31. The molecule has 0 amide bonds. The van der Waals surface area contributed by atoms with Crippen LogP contribution in [0.3, 0.4) is 0 Å². The molecule has 1 nitrogen and oxygen atoms in total. The highest BCUT2D eigenvalue weighted by Gasteiger charge is 2.07. The maximum absolute atomic E-state index is 6.04. The molecule has 19 heavy (non-hydrogen) atoms. The standard InChI is InChI=1S/C17H21ClN/c1-14-8-10-15(11-9-14)5-4-12-19(2)17-7-3-6-16(18)13-17/h6-11,13H,3-5,12H2,1-2H3. The van der Waals surface area contributed by atoms with Crippen LogP contribution in [-0.4, -0.2) is 18.5 Å². The van der Waals surface area contributed by atoms with Crippen molar-refractivity contribution >= 4 is 11.6 Å². The molecular formula is C17H21ClN. The minimum Gasteiger partial charge on any atom is -0.375 e. The van der Waals surface area contributed by atoms with Crippen LogP contribution in [0.15, 0.2) is 47.1 Å². The summed E-state index contributed by atoms with van der Waals surface area (Å²) in [5.41, 5.74) is 3.97. The SMILES string of the molecule is Cc1ccc(CCCN(C)C2=CC[CH]C(Cl)=C2)cc1. The number of rotatable bonds is 5. The first-order valence-corrected chi connectivity index (χ1v) is 7.20. The van der Waals surface area contributed by atoms with E-state index in [1.54, 1.807) is 0 Å². The Bertz CT molecular complexity index is 471. The van der Waals surface area contributed by atoms with Crippen LogP contribution < -0.4 is 0 Å². The number of allylic oxidation sites excluding steroid dienone is 3. The number of likely N-dealkylation sites (N-methyl/N-ethyl adjacent to an activating group) is 1. The quantitative estimate of drug-likeness (QED) is 0.765. The number of benzene rings is 1. The molecule has 0 aliphatic heterocycles. The van der Waals surface area contributed by atoms with Crippen LogP contribution in [0.2, 0.25) is 0 Å². The zero-order chi connectivity index (χ0) is 13.7. The van der Waals surface area contributed by atoms with Crippen molar-refractivity contribution in [2.75, 3.05) is 13.6 Å². The van der Waals surface area contributed by atoms with Crippen molar-refractivity contribution in [3.05, 3.63) is 64.7 Å². The first-order chi connectivity index (χ1) is 9.15. The molecule has 0 aromatic heterocycles. The summed E-state index contributed by atoms with van der Waals surface area (Å²) in [6.07, 6.45) is 9.51. The third kappa shape index (κ3) is 4.43. The number of nitrogens with zero attached hydrogens (tertiary/aromatic N) is 1. The van der Waals surface area contributed by atoms with Gasteiger partial charge in [0.2, 0.25) is 0 Å². The fraction of sp³-hybridized carbons (Fsp3) is 0.353. The zero-order valence-corrected chi connectivity index (χ0v) is 12.5. The van der Waals surface area contributed by atoms with Crippen LogP contribution in [0.1, 0.15) is 24.0 Å². The first-order valence-electron chi connectivity index (χ1n) is 6.82. The topological polar surface area (TPSA) is 3.24 Å². The lowest BCUT2D eigenvalue weighted by molar-refractivity contribution is 0.418. The van der Waals surface area contributed by atoms with E-state index in [0.29, 0.717) is 0 Å². The molecule has 1 radical (unpaired) electrons. The molecule has 2 heteroatoms. The summed E-state index contributed by atoms with van der Waals surface area (Å²) >= 11 is 6.04. The highest BCUT2D eigenvalue weighted by Crippen LogP contribution is 2.21. The van der Waals surface area contributed by atoms with E-state index >= 15 is 0 Å². The molecule has 1 aliphatic carbocycles. The van der Waals surface area contributed by atoms with Crippen LogP contribution >= 0.6 is 11.6 Å². The summed E-state index contributed by atoms with van der Waals surface area (Å²) in [5.74, 6) is 0. The molecule has 1 aromatic rings. The third-order valence-electron chi connectivity index (χ3n) is 3.45. The summed E-state index contributed by atoms with van der Waals surface area (Å²) in [6.45, 7) is 3.18. The molecule has 0 fully saturated rings. The van der Waals surface area contributed by atoms with Crippen LogP contribution in [0.5, 0.6) is 0 Å². The molecular weight excluding hydrogens is 254 g/mol. The van der Waals surface area contributed by atoms with Gasteiger partial charge in [-0.2, -0.15) is 0 Å². The Morgan fingerprint density at radius 1 is 1.21 bits per heavy atom. The lowest BCUT2D eigenvalue weighted by atomic mass is 10.1. The second kappa shape index (κ2) is 6.81. The highest BCUT2D eigenvalue weighted by atomic mass is 35.5. The zero-order valence-electron chi connectivity index (χ0n) is 11.7. The van der Waals surface area contributed by atoms with Crippen LogP contribution in [0.4, 0.5) is 0 Å². The minimum absolute atomic E-state index is 0.850. The third-order valence-corrected chi connectivity index (χ3v) is 3.71. The van der Waals surface area contributed by atoms with Crippen molar-refractivity contribution in [2.45, 2.75) is 26.2 Å². The van der Waals surface area contributed by atoms with Crippen LogP contribution in [-0.2, 0) is 6.42 Å². The molecule has 0 saturated carbocycles. The molecule has 0 spiro atoms. The molecule has 0 bridgehead atoms. The second-order valence-corrected chi connectivity index (χ2v) is 5.55. The van der Waals surface area contributed by atoms with E-state index in [4.69, 9.17) is 11.6 Å². The van der Waals surface area contributed by atoms with Crippen molar-refractivity contribution in [1.29, 1.82) is 0 Å². The van der Waals surface area contributed by atoms with Gasteiger partial charge in [-0.25, -0.2) is 0 Å². The average molecular weight is 275 g/mol. The lowest BCUT2D eigenvalue weighted by Crippen LogP contribution is -2.19. The van der Waals surface area contributed by atoms with Crippen molar-refractivity contribution in [1.82, 2.24) is 4.90 Å². The number of hydrogen-bond donors (Lipinski definition) is 0. The van der Waals surface area contributed by atoms with E-state index in [1.165, 1.54) is 16.8 Å². The largest absolute Gasteiger partial charge is 0.375 e. The summed E-state index contributed by atoms with van der Waals surface area (Å²) in [4.78, 5) is 2.28. The molecule has 0 heterocycles. The number of aryl methyl sites for hydroxylation is 2. The molecule has 2 rings (SSSR count).